The van der Waals surface area contributed by atoms with E-state index in [-0.39, 0.29) is 16.5 Å². The molecule has 8 heteroatoms. The van der Waals surface area contributed by atoms with E-state index in [1.807, 2.05) is 18.5 Å². The Balaban J connectivity index is 2.31. The van der Waals surface area contributed by atoms with E-state index in [0.717, 1.165) is 29.9 Å². The summed E-state index contributed by atoms with van der Waals surface area (Å²) >= 11 is 11.8. The Labute approximate surface area is 153 Å². The van der Waals surface area contributed by atoms with Crippen LogP contribution in [0.5, 0.6) is 0 Å². The molecular weight excluding hydrogens is 369 g/mol. The number of benzene rings is 1. The monoisotopic (exact) mass is 389 g/mol. The SMILES string of the molecule is CCCn1nc(C)c(CN(C)S(=O)(=O)c2ccc(Cl)c(Cl)c2)c1C. The third-order valence-electron chi connectivity index (χ3n) is 3.95. The first-order chi connectivity index (χ1) is 11.2. The van der Waals surface area contributed by atoms with Gasteiger partial charge in [0.05, 0.1) is 20.6 Å². The maximum absolute atomic E-state index is 12.8. The quantitative estimate of drug-likeness (QED) is 0.748. The third-order valence-corrected chi connectivity index (χ3v) is 6.49. The Morgan fingerprint density at radius 1 is 1.21 bits per heavy atom. The zero-order valence-electron chi connectivity index (χ0n) is 14.2. The molecule has 0 fully saturated rings. The second kappa shape index (κ2) is 7.44. The zero-order chi connectivity index (χ0) is 18.1. The molecule has 1 aromatic heterocycles. The van der Waals surface area contributed by atoms with Gasteiger partial charge in [0, 0.05) is 31.4 Å². The Bertz CT molecular complexity index is 847. The maximum Gasteiger partial charge on any atom is 0.243 e. The molecule has 0 radical (unpaired) electrons. The summed E-state index contributed by atoms with van der Waals surface area (Å²) in [7, 11) is -2.11. The van der Waals surface area contributed by atoms with Crippen LogP contribution in [0.3, 0.4) is 0 Å². The number of halogens is 2. The molecule has 5 nitrogen and oxygen atoms in total. The molecule has 1 heterocycles. The van der Waals surface area contributed by atoms with Crippen LogP contribution in [0.25, 0.3) is 0 Å². The molecule has 0 saturated carbocycles. The minimum atomic E-state index is -3.66. The lowest BCUT2D eigenvalue weighted by atomic mass is 10.2. The highest BCUT2D eigenvalue weighted by atomic mass is 35.5. The Kier molecular flexibility index (Phi) is 5.96. The van der Waals surface area contributed by atoms with Gasteiger partial charge in [0.2, 0.25) is 10.0 Å². The number of aryl methyl sites for hydroxylation is 2. The summed E-state index contributed by atoms with van der Waals surface area (Å²) in [6.07, 6.45) is 0.971. The van der Waals surface area contributed by atoms with Crippen molar-refractivity contribution in [3.63, 3.8) is 0 Å². The summed E-state index contributed by atoms with van der Waals surface area (Å²) in [5.74, 6) is 0. The Morgan fingerprint density at radius 2 is 1.88 bits per heavy atom. The van der Waals surface area contributed by atoms with E-state index < -0.39 is 10.0 Å². The van der Waals surface area contributed by atoms with Crippen molar-refractivity contribution >= 4 is 33.2 Å². The molecule has 0 N–H and O–H groups in total. The van der Waals surface area contributed by atoms with Gasteiger partial charge in [-0.1, -0.05) is 30.1 Å². The minimum absolute atomic E-state index is 0.121. The molecule has 132 valence electrons. The van der Waals surface area contributed by atoms with Crippen molar-refractivity contribution < 1.29 is 8.42 Å². The minimum Gasteiger partial charge on any atom is -0.269 e. The molecule has 0 amide bonds. The van der Waals surface area contributed by atoms with Crippen molar-refractivity contribution in [2.75, 3.05) is 7.05 Å². The van der Waals surface area contributed by atoms with Crippen LogP contribution >= 0.6 is 23.2 Å². The van der Waals surface area contributed by atoms with Crippen LogP contribution in [0.2, 0.25) is 10.0 Å². The van der Waals surface area contributed by atoms with Gasteiger partial charge >= 0.3 is 0 Å². The summed E-state index contributed by atoms with van der Waals surface area (Å²) < 4.78 is 28.7. The molecule has 0 saturated heterocycles. The van der Waals surface area contributed by atoms with E-state index in [2.05, 4.69) is 12.0 Å². The fourth-order valence-electron chi connectivity index (χ4n) is 2.52. The van der Waals surface area contributed by atoms with Gasteiger partial charge in [0.1, 0.15) is 0 Å². The molecule has 24 heavy (non-hydrogen) atoms. The lowest BCUT2D eigenvalue weighted by Gasteiger charge is -2.18. The van der Waals surface area contributed by atoms with Gasteiger partial charge in [-0.15, -0.1) is 0 Å². The first kappa shape index (κ1) is 19.2. The second-order valence-electron chi connectivity index (χ2n) is 5.71. The van der Waals surface area contributed by atoms with Crippen LogP contribution < -0.4 is 0 Å². The molecule has 0 bridgehead atoms. The van der Waals surface area contributed by atoms with Crippen molar-refractivity contribution in [2.45, 2.75) is 45.2 Å². The largest absolute Gasteiger partial charge is 0.269 e. The van der Waals surface area contributed by atoms with E-state index in [4.69, 9.17) is 23.2 Å². The number of hydrogen-bond donors (Lipinski definition) is 0. The number of sulfonamides is 1. The van der Waals surface area contributed by atoms with Crippen LogP contribution in [0.4, 0.5) is 0 Å². The highest BCUT2D eigenvalue weighted by molar-refractivity contribution is 7.89. The number of rotatable bonds is 6. The van der Waals surface area contributed by atoms with Crippen molar-refractivity contribution in [3.8, 4) is 0 Å². The highest BCUT2D eigenvalue weighted by Crippen LogP contribution is 2.27. The first-order valence-electron chi connectivity index (χ1n) is 7.62. The van der Waals surface area contributed by atoms with Crippen LogP contribution in [0.15, 0.2) is 23.1 Å². The zero-order valence-corrected chi connectivity index (χ0v) is 16.5. The summed E-state index contributed by atoms with van der Waals surface area (Å²) in [4.78, 5) is 0.121. The number of nitrogens with zero attached hydrogens (tertiary/aromatic N) is 3. The van der Waals surface area contributed by atoms with Crippen LogP contribution in [0, 0.1) is 13.8 Å². The van der Waals surface area contributed by atoms with Crippen LogP contribution in [-0.2, 0) is 23.1 Å². The maximum atomic E-state index is 12.8. The number of hydrogen-bond acceptors (Lipinski definition) is 3. The molecule has 0 aliphatic rings. The molecule has 0 spiro atoms. The number of aromatic nitrogens is 2. The lowest BCUT2D eigenvalue weighted by Crippen LogP contribution is -2.27. The second-order valence-corrected chi connectivity index (χ2v) is 8.57. The smallest absolute Gasteiger partial charge is 0.243 e. The summed E-state index contributed by atoms with van der Waals surface area (Å²) in [5, 5.41) is 5.03. The van der Waals surface area contributed by atoms with Gasteiger partial charge in [0.25, 0.3) is 0 Å². The van der Waals surface area contributed by atoms with Gasteiger partial charge in [-0.05, 0) is 38.5 Å². The first-order valence-corrected chi connectivity index (χ1v) is 9.82. The lowest BCUT2D eigenvalue weighted by molar-refractivity contribution is 0.464. The summed E-state index contributed by atoms with van der Waals surface area (Å²) in [5.41, 5.74) is 2.76. The third kappa shape index (κ3) is 3.77. The van der Waals surface area contributed by atoms with Crippen molar-refractivity contribution in [3.05, 3.63) is 45.2 Å². The average Bonchev–Trinajstić information content (AvgIpc) is 2.77. The van der Waals surface area contributed by atoms with E-state index in [0.29, 0.717) is 5.02 Å². The molecule has 1 aromatic carbocycles. The van der Waals surface area contributed by atoms with Crippen LogP contribution in [-0.4, -0.2) is 29.6 Å². The highest BCUT2D eigenvalue weighted by Gasteiger charge is 2.24. The Morgan fingerprint density at radius 3 is 2.46 bits per heavy atom. The van der Waals surface area contributed by atoms with E-state index in [9.17, 15) is 8.42 Å². The summed E-state index contributed by atoms with van der Waals surface area (Å²) in [6, 6.07) is 4.32. The molecule has 0 unspecified atom stereocenters. The van der Waals surface area contributed by atoms with Crippen molar-refractivity contribution in [1.29, 1.82) is 0 Å². The van der Waals surface area contributed by atoms with Gasteiger partial charge < -0.3 is 0 Å². The fourth-order valence-corrected chi connectivity index (χ4v) is 4.05. The molecular formula is C16H21Cl2N3O2S. The molecule has 0 aliphatic carbocycles. The van der Waals surface area contributed by atoms with Gasteiger partial charge in [-0.25, -0.2) is 8.42 Å². The topological polar surface area (TPSA) is 55.2 Å². The molecule has 2 rings (SSSR count). The van der Waals surface area contributed by atoms with E-state index in [1.54, 1.807) is 7.05 Å². The van der Waals surface area contributed by atoms with Crippen molar-refractivity contribution in [2.24, 2.45) is 0 Å². The van der Waals surface area contributed by atoms with E-state index in [1.165, 1.54) is 22.5 Å². The van der Waals surface area contributed by atoms with Gasteiger partial charge in [-0.3, -0.25) is 4.68 Å². The van der Waals surface area contributed by atoms with Gasteiger partial charge in [-0.2, -0.15) is 9.40 Å². The van der Waals surface area contributed by atoms with E-state index >= 15 is 0 Å². The Hall–Kier alpha value is -1.08. The molecule has 0 atom stereocenters. The van der Waals surface area contributed by atoms with Crippen LogP contribution in [0.1, 0.15) is 30.3 Å². The predicted octanol–water partition coefficient (Wildman–Crippen LogP) is 4.04. The normalized spacial score (nSPS) is 12.1. The van der Waals surface area contributed by atoms with Gasteiger partial charge in [0.15, 0.2) is 0 Å². The standard InChI is InChI=1S/C16H21Cl2N3O2S/c1-5-8-21-12(3)14(11(2)19-21)10-20(4)24(22,23)13-6-7-15(17)16(18)9-13/h6-7,9H,5,8,10H2,1-4H3. The predicted molar refractivity (Wildman–Crippen MR) is 97.1 cm³/mol. The molecule has 2 aromatic rings. The summed E-state index contributed by atoms with van der Waals surface area (Å²) in [6.45, 7) is 7.01. The average molecular weight is 390 g/mol. The van der Waals surface area contributed by atoms with Crippen molar-refractivity contribution in [1.82, 2.24) is 14.1 Å². The fraction of sp³-hybridized carbons (Fsp3) is 0.438. The molecule has 0 aliphatic heterocycles.